The Hall–Kier alpha value is -2.29. The predicted molar refractivity (Wildman–Crippen MR) is 98.6 cm³/mol. The van der Waals surface area contributed by atoms with Gasteiger partial charge in [-0.05, 0) is 31.9 Å². The Morgan fingerprint density at radius 2 is 2.07 bits per heavy atom. The van der Waals surface area contributed by atoms with Crippen molar-refractivity contribution in [3.8, 4) is 11.5 Å². The van der Waals surface area contributed by atoms with Crippen molar-refractivity contribution in [2.24, 2.45) is 0 Å². The van der Waals surface area contributed by atoms with E-state index in [1.165, 1.54) is 30.2 Å². The molecule has 0 aromatic heterocycles. The van der Waals surface area contributed by atoms with Crippen LogP contribution < -0.4 is 4.74 Å². The van der Waals surface area contributed by atoms with E-state index in [4.69, 9.17) is 9.47 Å². The molecule has 0 radical (unpaired) electrons. The summed E-state index contributed by atoms with van der Waals surface area (Å²) in [4.78, 5) is 26.3. The van der Waals surface area contributed by atoms with Gasteiger partial charge in [0.15, 0.2) is 16.4 Å². The van der Waals surface area contributed by atoms with E-state index >= 15 is 0 Å². The van der Waals surface area contributed by atoms with Crippen LogP contribution in [0.5, 0.6) is 11.5 Å². The van der Waals surface area contributed by atoms with E-state index in [1.807, 2.05) is 13.8 Å². The van der Waals surface area contributed by atoms with Crippen molar-refractivity contribution in [1.29, 1.82) is 0 Å². The molecule has 0 spiro atoms. The fourth-order valence-electron chi connectivity index (χ4n) is 3.09. The maximum absolute atomic E-state index is 12.6. The van der Waals surface area contributed by atoms with Gasteiger partial charge in [-0.3, -0.25) is 4.79 Å². The molecule has 8 nitrogen and oxygen atoms in total. The summed E-state index contributed by atoms with van der Waals surface area (Å²) in [5.74, 6) is -1.24. The Labute approximate surface area is 159 Å². The molecule has 1 aliphatic rings. The van der Waals surface area contributed by atoms with Gasteiger partial charge in [0.1, 0.15) is 17.1 Å². The summed E-state index contributed by atoms with van der Waals surface area (Å²) < 4.78 is 33.5. The molecule has 150 valence electrons. The number of carbonyl (C=O) groups excluding carboxylic acids is 2. The molecule has 1 heterocycles. The first-order chi connectivity index (χ1) is 12.7. The number of sulfone groups is 1. The van der Waals surface area contributed by atoms with E-state index < -0.39 is 34.4 Å². The normalized spacial score (nSPS) is 19.3. The Balaban J connectivity index is 2.06. The molecule has 1 N–H and O–H groups in total. The second kappa shape index (κ2) is 8.60. The van der Waals surface area contributed by atoms with E-state index in [9.17, 15) is 23.1 Å². The first-order valence-corrected chi connectivity index (χ1v) is 10.6. The Kier molecular flexibility index (Phi) is 6.69. The molecular weight excluding hydrogens is 374 g/mol. The molecule has 1 aromatic rings. The van der Waals surface area contributed by atoms with Crippen molar-refractivity contribution in [1.82, 2.24) is 4.90 Å². The number of esters is 1. The largest absolute Gasteiger partial charge is 0.507 e. The molecule has 2 rings (SSSR count). The number of phenolic OH excluding ortho intramolecular Hbond substituents is 1. The van der Waals surface area contributed by atoms with Crippen LogP contribution in [0.25, 0.3) is 0 Å². The summed E-state index contributed by atoms with van der Waals surface area (Å²) in [7, 11) is -1.72. The van der Waals surface area contributed by atoms with Gasteiger partial charge < -0.3 is 19.5 Å². The smallest absolute Gasteiger partial charge is 0.342 e. The maximum Gasteiger partial charge on any atom is 0.342 e. The number of benzene rings is 1. The molecule has 9 heteroatoms. The second-order valence-corrected chi connectivity index (χ2v) is 8.80. The van der Waals surface area contributed by atoms with Crippen LogP contribution in [0.4, 0.5) is 0 Å². The fourth-order valence-corrected chi connectivity index (χ4v) is 4.80. The summed E-state index contributed by atoms with van der Waals surface area (Å²) in [6, 6.07) is 3.52. The van der Waals surface area contributed by atoms with Crippen LogP contribution in [0.1, 0.15) is 37.0 Å². The van der Waals surface area contributed by atoms with Crippen molar-refractivity contribution >= 4 is 21.7 Å². The molecule has 1 saturated heterocycles. The van der Waals surface area contributed by atoms with E-state index in [1.54, 1.807) is 0 Å². The number of amides is 1. The highest BCUT2D eigenvalue weighted by atomic mass is 32.2. The third-order valence-corrected chi connectivity index (χ3v) is 6.46. The number of carbonyl (C=O) groups is 2. The van der Waals surface area contributed by atoms with Crippen molar-refractivity contribution < 1.29 is 32.6 Å². The zero-order chi connectivity index (χ0) is 20.2. The third kappa shape index (κ3) is 5.12. The van der Waals surface area contributed by atoms with Crippen LogP contribution in [0, 0.1) is 0 Å². The number of aromatic hydroxyl groups is 1. The number of methoxy groups -OCH3 is 1. The molecule has 1 aliphatic heterocycles. The highest BCUT2D eigenvalue weighted by molar-refractivity contribution is 7.91. The molecule has 0 saturated carbocycles. The Morgan fingerprint density at radius 1 is 1.37 bits per heavy atom. The van der Waals surface area contributed by atoms with Gasteiger partial charge in [0.05, 0.1) is 18.6 Å². The lowest BCUT2D eigenvalue weighted by atomic mass is 10.1. The summed E-state index contributed by atoms with van der Waals surface area (Å²) in [5.41, 5.74) is -0.0814. The highest BCUT2D eigenvalue weighted by Crippen LogP contribution is 2.25. The average Bonchev–Trinajstić information content (AvgIpc) is 2.98. The lowest BCUT2D eigenvalue weighted by molar-refractivity contribution is -0.138. The number of hydrogen-bond donors (Lipinski definition) is 1. The lowest BCUT2D eigenvalue weighted by Gasteiger charge is -2.33. The fraction of sp³-hybridized carbons (Fsp3) is 0.556. The zero-order valence-electron chi connectivity index (χ0n) is 15.7. The second-order valence-electron chi connectivity index (χ2n) is 6.57. The topological polar surface area (TPSA) is 110 Å². The van der Waals surface area contributed by atoms with Gasteiger partial charge in [0.25, 0.3) is 5.91 Å². The molecule has 0 bridgehead atoms. The van der Waals surface area contributed by atoms with E-state index in [-0.39, 0.29) is 28.9 Å². The summed E-state index contributed by atoms with van der Waals surface area (Å²) in [6.45, 7) is 3.21. The van der Waals surface area contributed by atoms with Gasteiger partial charge in [-0.2, -0.15) is 0 Å². The molecule has 1 amide bonds. The van der Waals surface area contributed by atoms with Crippen LogP contribution in [0.3, 0.4) is 0 Å². The minimum absolute atomic E-state index is 0.0530. The number of rotatable bonds is 7. The monoisotopic (exact) mass is 399 g/mol. The molecule has 2 atom stereocenters. The number of ether oxygens (including phenoxy) is 2. The molecular formula is C18H25NO7S. The van der Waals surface area contributed by atoms with Gasteiger partial charge in [0.2, 0.25) is 0 Å². The van der Waals surface area contributed by atoms with E-state index in [0.717, 1.165) is 0 Å². The number of phenols is 1. The van der Waals surface area contributed by atoms with Gasteiger partial charge in [-0.15, -0.1) is 0 Å². The minimum Gasteiger partial charge on any atom is -0.507 e. The number of nitrogens with zero attached hydrogens (tertiary/aromatic N) is 1. The van der Waals surface area contributed by atoms with Crippen molar-refractivity contribution in [3.63, 3.8) is 0 Å². The first-order valence-electron chi connectivity index (χ1n) is 8.74. The third-order valence-electron chi connectivity index (χ3n) is 4.71. The standard InChI is InChI=1S/C18H25NO7S/c1-4-12(2)19(13-7-8-27(23,24)11-13)17(21)10-26-18(22)15-6-5-14(25-3)9-16(15)20/h5-6,9,12-13,20H,4,7-8,10-11H2,1-3H3/t12-,13+/m1/s1. The van der Waals surface area contributed by atoms with Gasteiger partial charge in [-0.25, -0.2) is 13.2 Å². The summed E-state index contributed by atoms with van der Waals surface area (Å²) in [5, 5.41) is 9.88. The maximum atomic E-state index is 12.6. The first kappa shape index (κ1) is 21.0. The average molecular weight is 399 g/mol. The quantitative estimate of drug-likeness (QED) is 0.690. The molecule has 0 unspecified atom stereocenters. The van der Waals surface area contributed by atoms with Gasteiger partial charge in [0, 0.05) is 18.2 Å². The molecule has 0 aliphatic carbocycles. The minimum atomic E-state index is -3.15. The van der Waals surface area contributed by atoms with Crippen LogP contribution in [-0.2, 0) is 19.4 Å². The van der Waals surface area contributed by atoms with Crippen molar-refractivity contribution in [3.05, 3.63) is 23.8 Å². The predicted octanol–water partition coefficient (Wildman–Crippen LogP) is 1.37. The van der Waals surface area contributed by atoms with E-state index in [0.29, 0.717) is 18.6 Å². The van der Waals surface area contributed by atoms with E-state index in [2.05, 4.69) is 0 Å². The van der Waals surface area contributed by atoms with Gasteiger partial charge in [-0.1, -0.05) is 6.92 Å². The zero-order valence-corrected chi connectivity index (χ0v) is 16.5. The van der Waals surface area contributed by atoms with Crippen molar-refractivity contribution in [2.45, 2.75) is 38.8 Å². The highest BCUT2D eigenvalue weighted by Gasteiger charge is 2.36. The molecule has 27 heavy (non-hydrogen) atoms. The summed E-state index contributed by atoms with van der Waals surface area (Å²) >= 11 is 0. The van der Waals surface area contributed by atoms with Crippen LogP contribution in [0.2, 0.25) is 0 Å². The SMILES string of the molecule is CC[C@@H](C)N(C(=O)COC(=O)c1ccc(OC)cc1O)[C@H]1CCS(=O)(=O)C1. The summed E-state index contributed by atoms with van der Waals surface area (Å²) in [6.07, 6.45) is 1.03. The molecule has 1 aromatic carbocycles. The van der Waals surface area contributed by atoms with Crippen LogP contribution in [-0.4, -0.2) is 67.6 Å². The van der Waals surface area contributed by atoms with Crippen LogP contribution in [0.15, 0.2) is 18.2 Å². The lowest BCUT2D eigenvalue weighted by Crippen LogP contribution is -2.48. The van der Waals surface area contributed by atoms with Crippen molar-refractivity contribution in [2.75, 3.05) is 25.2 Å². The van der Waals surface area contributed by atoms with Gasteiger partial charge >= 0.3 is 5.97 Å². The number of hydrogen-bond acceptors (Lipinski definition) is 7. The Morgan fingerprint density at radius 3 is 2.59 bits per heavy atom. The van der Waals surface area contributed by atoms with Crippen LogP contribution >= 0.6 is 0 Å². The Bertz CT molecular complexity index is 806. The molecule has 1 fully saturated rings.